The van der Waals surface area contributed by atoms with Crippen LogP contribution >= 0.6 is 0 Å². The molecule has 0 heterocycles. The van der Waals surface area contributed by atoms with Crippen LogP contribution in [-0.4, -0.2) is 32.7 Å². The van der Waals surface area contributed by atoms with Gasteiger partial charge in [0, 0.05) is 18.4 Å². The van der Waals surface area contributed by atoms with Gasteiger partial charge in [-0.2, -0.15) is 0 Å². The van der Waals surface area contributed by atoms with E-state index in [0.29, 0.717) is 26.2 Å². The summed E-state index contributed by atoms with van der Waals surface area (Å²) in [7, 11) is -1.78. The quantitative estimate of drug-likeness (QED) is 0.382. The maximum atomic E-state index is 10.6. The van der Waals surface area contributed by atoms with E-state index in [1.54, 1.807) is 0 Å². The van der Waals surface area contributed by atoms with Gasteiger partial charge in [-0.05, 0) is 30.1 Å². The Hall–Kier alpha value is -0.943. The van der Waals surface area contributed by atoms with Crippen LogP contribution in [0.5, 0.6) is 0 Å². The summed E-state index contributed by atoms with van der Waals surface area (Å²) in [6, 6.07) is 10.2. The molecular weight excluding hydrogens is 352 g/mol. The second kappa shape index (κ2) is 10.6. The van der Waals surface area contributed by atoms with Gasteiger partial charge in [-0.25, -0.2) is 0 Å². The standard InChI is InChI=1S/C23H40O3Si/c1-18(19(2)15-25-17-21-12-10-9-11-13-21)14-22(24)20(3)16-26-27(7,8)23(4,5)6/h9-13,19-20,22,24H,1,14-17H2,2-8H3/t19-,20-,22-/m1/s1. The Morgan fingerprint density at radius 3 is 2.26 bits per heavy atom. The number of aliphatic hydroxyl groups is 1. The monoisotopic (exact) mass is 392 g/mol. The number of ether oxygens (including phenoxy) is 1. The molecule has 4 heteroatoms. The van der Waals surface area contributed by atoms with E-state index < -0.39 is 14.4 Å². The van der Waals surface area contributed by atoms with Crippen molar-refractivity contribution in [1.82, 2.24) is 0 Å². The lowest BCUT2D eigenvalue weighted by atomic mass is 9.93. The molecule has 3 nitrogen and oxygen atoms in total. The minimum atomic E-state index is -1.78. The molecule has 0 aliphatic carbocycles. The highest BCUT2D eigenvalue weighted by Crippen LogP contribution is 2.37. The number of benzene rings is 1. The van der Waals surface area contributed by atoms with Crippen molar-refractivity contribution in [2.75, 3.05) is 13.2 Å². The molecule has 154 valence electrons. The Bertz CT molecular complexity index is 563. The van der Waals surface area contributed by atoms with E-state index in [9.17, 15) is 5.11 Å². The molecule has 0 bridgehead atoms. The maximum absolute atomic E-state index is 10.6. The summed E-state index contributed by atoms with van der Waals surface area (Å²) in [5.41, 5.74) is 2.21. The van der Waals surface area contributed by atoms with Crippen molar-refractivity contribution in [3.05, 3.63) is 48.0 Å². The third-order valence-electron chi connectivity index (χ3n) is 5.82. The van der Waals surface area contributed by atoms with E-state index in [0.717, 1.165) is 5.57 Å². The predicted molar refractivity (Wildman–Crippen MR) is 117 cm³/mol. The minimum Gasteiger partial charge on any atom is -0.416 e. The fourth-order valence-electron chi connectivity index (χ4n) is 2.38. The van der Waals surface area contributed by atoms with Crippen LogP contribution in [0.1, 0.15) is 46.6 Å². The summed E-state index contributed by atoms with van der Waals surface area (Å²) in [6.45, 7) is 21.4. The van der Waals surface area contributed by atoms with Gasteiger partial charge in [0.05, 0.1) is 19.3 Å². The molecule has 0 unspecified atom stereocenters. The average Bonchev–Trinajstić information content (AvgIpc) is 2.59. The van der Waals surface area contributed by atoms with Crippen molar-refractivity contribution in [2.45, 2.75) is 71.9 Å². The molecule has 1 aromatic rings. The third kappa shape index (κ3) is 8.30. The molecule has 1 aromatic carbocycles. The van der Waals surface area contributed by atoms with Crippen LogP contribution in [0.25, 0.3) is 0 Å². The Morgan fingerprint density at radius 2 is 1.70 bits per heavy atom. The van der Waals surface area contributed by atoms with Crippen molar-refractivity contribution in [3.8, 4) is 0 Å². The van der Waals surface area contributed by atoms with Gasteiger partial charge < -0.3 is 14.3 Å². The molecule has 0 aliphatic heterocycles. The lowest BCUT2D eigenvalue weighted by Crippen LogP contribution is -2.42. The molecular formula is C23H40O3Si. The van der Waals surface area contributed by atoms with Crippen molar-refractivity contribution in [3.63, 3.8) is 0 Å². The Labute approximate surface area is 167 Å². The normalized spacial score (nSPS) is 16.0. The number of hydrogen-bond donors (Lipinski definition) is 1. The first kappa shape index (κ1) is 24.1. The lowest BCUT2D eigenvalue weighted by Gasteiger charge is -2.37. The van der Waals surface area contributed by atoms with Crippen LogP contribution in [0.4, 0.5) is 0 Å². The summed E-state index contributed by atoms with van der Waals surface area (Å²) in [6.07, 6.45) is 0.164. The van der Waals surface area contributed by atoms with E-state index in [4.69, 9.17) is 9.16 Å². The summed E-state index contributed by atoms with van der Waals surface area (Å²) in [4.78, 5) is 0. The summed E-state index contributed by atoms with van der Waals surface area (Å²) < 4.78 is 12.1. The van der Waals surface area contributed by atoms with Crippen LogP contribution in [0.15, 0.2) is 42.5 Å². The average molecular weight is 393 g/mol. The van der Waals surface area contributed by atoms with Gasteiger partial charge in [0.15, 0.2) is 8.32 Å². The smallest absolute Gasteiger partial charge is 0.191 e. The molecule has 27 heavy (non-hydrogen) atoms. The first-order chi connectivity index (χ1) is 12.4. The molecule has 0 aliphatic rings. The molecule has 3 atom stereocenters. The van der Waals surface area contributed by atoms with Gasteiger partial charge in [-0.15, -0.1) is 0 Å². The zero-order valence-electron chi connectivity index (χ0n) is 18.4. The van der Waals surface area contributed by atoms with Crippen LogP contribution in [-0.2, 0) is 15.8 Å². The number of aliphatic hydroxyl groups excluding tert-OH is 1. The van der Waals surface area contributed by atoms with E-state index >= 15 is 0 Å². The van der Waals surface area contributed by atoms with Crippen molar-refractivity contribution < 1.29 is 14.3 Å². The van der Waals surface area contributed by atoms with Crippen LogP contribution in [0.2, 0.25) is 18.1 Å². The van der Waals surface area contributed by atoms with Crippen molar-refractivity contribution in [2.24, 2.45) is 11.8 Å². The van der Waals surface area contributed by atoms with E-state index in [1.807, 2.05) is 18.2 Å². The summed E-state index contributed by atoms with van der Waals surface area (Å²) in [5.74, 6) is 0.310. The molecule has 1 rings (SSSR count). The molecule has 0 fully saturated rings. The maximum Gasteiger partial charge on any atom is 0.191 e. The van der Waals surface area contributed by atoms with Gasteiger partial charge in [0.1, 0.15) is 0 Å². The van der Waals surface area contributed by atoms with E-state index in [-0.39, 0.29) is 16.9 Å². The van der Waals surface area contributed by atoms with Crippen molar-refractivity contribution >= 4 is 8.32 Å². The van der Waals surface area contributed by atoms with Crippen LogP contribution < -0.4 is 0 Å². The van der Waals surface area contributed by atoms with Gasteiger partial charge in [0.2, 0.25) is 0 Å². The fourth-order valence-corrected chi connectivity index (χ4v) is 3.50. The highest BCUT2D eigenvalue weighted by molar-refractivity contribution is 6.74. The third-order valence-corrected chi connectivity index (χ3v) is 10.3. The van der Waals surface area contributed by atoms with Crippen LogP contribution in [0, 0.1) is 11.8 Å². The minimum absolute atomic E-state index is 0.0910. The molecule has 0 radical (unpaired) electrons. The SMILES string of the molecule is C=C(C[C@@H](O)[C@H](C)CO[Si](C)(C)C(C)(C)C)[C@H](C)COCc1ccccc1. The Morgan fingerprint density at radius 1 is 1.11 bits per heavy atom. The zero-order valence-corrected chi connectivity index (χ0v) is 19.4. The molecule has 1 N–H and O–H groups in total. The summed E-state index contributed by atoms with van der Waals surface area (Å²) >= 11 is 0. The Balaban J connectivity index is 2.36. The van der Waals surface area contributed by atoms with E-state index in [1.165, 1.54) is 5.56 Å². The first-order valence-electron chi connectivity index (χ1n) is 10.1. The van der Waals surface area contributed by atoms with Gasteiger partial charge >= 0.3 is 0 Å². The fraction of sp³-hybridized carbons (Fsp3) is 0.652. The zero-order chi connectivity index (χ0) is 20.7. The highest BCUT2D eigenvalue weighted by atomic mass is 28.4. The topological polar surface area (TPSA) is 38.7 Å². The molecule has 0 aromatic heterocycles. The first-order valence-corrected chi connectivity index (χ1v) is 13.0. The second-order valence-electron chi connectivity index (χ2n) is 9.38. The van der Waals surface area contributed by atoms with E-state index in [2.05, 4.69) is 66.4 Å². The predicted octanol–water partition coefficient (Wildman–Crippen LogP) is 5.80. The van der Waals surface area contributed by atoms with Crippen LogP contribution in [0.3, 0.4) is 0 Å². The van der Waals surface area contributed by atoms with Gasteiger partial charge in [-0.3, -0.25) is 0 Å². The van der Waals surface area contributed by atoms with Crippen molar-refractivity contribution in [1.29, 1.82) is 0 Å². The number of rotatable bonds is 11. The second-order valence-corrected chi connectivity index (χ2v) is 14.2. The summed E-state index contributed by atoms with van der Waals surface area (Å²) in [5, 5.41) is 10.8. The molecule has 0 spiro atoms. The molecule has 0 saturated carbocycles. The van der Waals surface area contributed by atoms with Gasteiger partial charge in [0.25, 0.3) is 0 Å². The highest BCUT2D eigenvalue weighted by Gasteiger charge is 2.37. The van der Waals surface area contributed by atoms with Gasteiger partial charge in [-0.1, -0.05) is 77.1 Å². The lowest BCUT2D eigenvalue weighted by molar-refractivity contribution is 0.0714. The molecule has 0 amide bonds. The Kier molecular flexibility index (Phi) is 9.42. The number of hydrogen-bond acceptors (Lipinski definition) is 3. The largest absolute Gasteiger partial charge is 0.416 e. The molecule has 0 saturated heterocycles.